The average Bonchev–Trinajstić information content (AvgIpc) is 3.11. The highest BCUT2D eigenvalue weighted by Crippen LogP contribution is 2.33. The lowest BCUT2D eigenvalue weighted by Crippen LogP contribution is -2.15. The molecular formula is C22H26F3N3O. The van der Waals surface area contributed by atoms with Gasteiger partial charge in [0.15, 0.2) is 5.82 Å². The summed E-state index contributed by atoms with van der Waals surface area (Å²) in [5, 5.41) is 6.83. The smallest absolute Gasteiger partial charge is 0.305 e. The predicted molar refractivity (Wildman–Crippen MR) is 110 cm³/mol. The Hall–Kier alpha value is -3.09. The molecule has 1 amide bonds. The number of nitrogens with zero attached hydrogens (tertiary/aromatic N) is 2. The van der Waals surface area contributed by atoms with E-state index in [4.69, 9.17) is 0 Å². The first-order valence-electron chi connectivity index (χ1n) is 9.31. The van der Waals surface area contributed by atoms with E-state index in [1.807, 2.05) is 32.9 Å². The van der Waals surface area contributed by atoms with Crippen LogP contribution >= 0.6 is 0 Å². The molecule has 3 rings (SSSR count). The van der Waals surface area contributed by atoms with Gasteiger partial charge in [-0.05, 0) is 37.1 Å². The van der Waals surface area contributed by atoms with Crippen LogP contribution in [0.1, 0.15) is 47.9 Å². The zero-order chi connectivity index (χ0) is 21.6. The number of carbonyl (C=O) groups is 1. The highest BCUT2D eigenvalue weighted by Gasteiger charge is 2.33. The van der Waals surface area contributed by atoms with Crippen LogP contribution in [0, 0.1) is 13.8 Å². The van der Waals surface area contributed by atoms with E-state index < -0.39 is 11.7 Å². The number of rotatable bonds is 4. The Bertz CT molecular complexity index is 984. The topological polar surface area (TPSA) is 46.9 Å². The molecule has 1 N–H and O–H groups in total. The first kappa shape index (κ1) is 22.2. The van der Waals surface area contributed by atoms with Crippen LogP contribution in [0.25, 0.3) is 0 Å². The molecular weight excluding hydrogens is 379 g/mol. The van der Waals surface area contributed by atoms with Gasteiger partial charge in [-0.25, -0.2) is 0 Å². The molecule has 2 aromatic carbocycles. The van der Waals surface area contributed by atoms with E-state index >= 15 is 0 Å². The van der Waals surface area contributed by atoms with Crippen molar-refractivity contribution in [2.45, 2.75) is 40.4 Å². The Morgan fingerprint density at radius 3 is 2.45 bits per heavy atom. The largest absolute Gasteiger partial charge is 0.416 e. The van der Waals surface area contributed by atoms with Gasteiger partial charge >= 0.3 is 6.18 Å². The quantitative estimate of drug-likeness (QED) is 0.571. The van der Waals surface area contributed by atoms with E-state index in [2.05, 4.69) is 10.4 Å². The van der Waals surface area contributed by atoms with Gasteiger partial charge in [0.1, 0.15) is 0 Å². The van der Waals surface area contributed by atoms with Crippen molar-refractivity contribution in [3.05, 3.63) is 82.5 Å². The number of amides is 1. The molecule has 156 valence electrons. The van der Waals surface area contributed by atoms with Crippen LogP contribution < -0.4 is 5.32 Å². The average molecular weight is 405 g/mol. The van der Waals surface area contributed by atoms with Gasteiger partial charge in [0, 0.05) is 19.3 Å². The van der Waals surface area contributed by atoms with E-state index in [9.17, 15) is 18.0 Å². The summed E-state index contributed by atoms with van der Waals surface area (Å²) < 4.78 is 41.1. The van der Waals surface area contributed by atoms with E-state index in [0.717, 1.165) is 11.6 Å². The minimum absolute atomic E-state index is 0. The molecule has 0 saturated carbocycles. The molecule has 1 aromatic heterocycles. The molecule has 0 atom stereocenters. The van der Waals surface area contributed by atoms with Crippen LogP contribution in [0.2, 0.25) is 0 Å². The number of alkyl halides is 3. The van der Waals surface area contributed by atoms with Gasteiger partial charge in [-0.15, -0.1) is 0 Å². The highest BCUT2D eigenvalue weighted by atomic mass is 19.4. The molecule has 0 aliphatic rings. The highest BCUT2D eigenvalue weighted by molar-refractivity contribution is 6.04. The van der Waals surface area contributed by atoms with Crippen molar-refractivity contribution in [3.63, 3.8) is 0 Å². The monoisotopic (exact) mass is 405 g/mol. The standard InChI is InChI=1S/C20H18F3N3O.C2H6.H2/c1-13-7-8-15(17(11-13)20(21,22)23)12-26-10-9-18(25-26)24-19(27)16-6-4-3-5-14(16)2;1-2;/h3-11H,12H2,1-2H3,(H,24,25,27);1-2H3;1H. The van der Waals surface area contributed by atoms with Gasteiger partial charge in [0.05, 0.1) is 12.1 Å². The fourth-order valence-electron chi connectivity index (χ4n) is 2.79. The number of nitrogens with one attached hydrogen (secondary N) is 1. The summed E-state index contributed by atoms with van der Waals surface area (Å²) in [4.78, 5) is 12.3. The Morgan fingerprint density at radius 2 is 1.79 bits per heavy atom. The second-order valence-electron chi connectivity index (χ2n) is 6.33. The first-order chi connectivity index (χ1) is 13.7. The van der Waals surface area contributed by atoms with Gasteiger partial charge in [-0.1, -0.05) is 49.7 Å². The SMILES string of the molecule is CC.Cc1ccc(Cn2ccc(NC(=O)c3ccccc3C)n2)c(C(F)(F)F)c1.[HH]. The van der Waals surface area contributed by atoms with Gasteiger partial charge in [0.25, 0.3) is 5.91 Å². The molecule has 3 aromatic rings. The van der Waals surface area contributed by atoms with Crippen LogP contribution in [0.15, 0.2) is 54.7 Å². The number of halogens is 3. The summed E-state index contributed by atoms with van der Waals surface area (Å²) >= 11 is 0. The molecule has 0 unspecified atom stereocenters. The van der Waals surface area contributed by atoms with Crippen LogP contribution in [0.3, 0.4) is 0 Å². The maximum atomic E-state index is 13.2. The van der Waals surface area contributed by atoms with E-state index in [0.29, 0.717) is 11.1 Å². The maximum Gasteiger partial charge on any atom is 0.416 e. The molecule has 0 fully saturated rings. The van der Waals surface area contributed by atoms with Gasteiger partial charge < -0.3 is 5.32 Å². The lowest BCUT2D eigenvalue weighted by Gasteiger charge is -2.13. The van der Waals surface area contributed by atoms with Crippen molar-refractivity contribution in [1.29, 1.82) is 0 Å². The minimum atomic E-state index is -4.43. The number of hydrogen-bond donors (Lipinski definition) is 1. The van der Waals surface area contributed by atoms with Crippen molar-refractivity contribution in [2.75, 3.05) is 5.32 Å². The summed E-state index contributed by atoms with van der Waals surface area (Å²) in [6, 6.07) is 12.9. The van der Waals surface area contributed by atoms with E-state index in [1.54, 1.807) is 31.2 Å². The number of benzene rings is 2. The van der Waals surface area contributed by atoms with E-state index in [-0.39, 0.29) is 25.3 Å². The van der Waals surface area contributed by atoms with Crippen molar-refractivity contribution in [1.82, 2.24) is 9.78 Å². The number of carbonyl (C=O) groups excluding carboxylic acids is 1. The summed E-state index contributed by atoms with van der Waals surface area (Å²) in [7, 11) is 0. The summed E-state index contributed by atoms with van der Waals surface area (Å²) in [6.07, 6.45) is -2.90. The first-order valence-corrected chi connectivity index (χ1v) is 9.31. The second kappa shape index (κ2) is 9.41. The number of aryl methyl sites for hydroxylation is 2. The van der Waals surface area contributed by atoms with Crippen LogP contribution in [0.5, 0.6) is 0 Å². The summed E-state index contributed by atoms with van der Waals surface area (Å²) in [5.74, 6) is -0.0337. The number of anilines is 1. The molecule has 1 heterocycles. The van der Waals surface area contributed by atoms with Crippen molar-refractivity contribution in [2.24, 2.45) is 0 Å². The molecule has 0 spiro atoms. The molecule has 0 bridgehead atoms. The van der Waals surface area contributed by atoms with Gasteiger partial charge in [-0.2, -0.15) is 18.3 Å². The third-order valence-electron chi connectivity index (χ3n) is 4.18. The summed E-state index contributed by atoms with van der Waals surface area (Å²) in [5.41, 5.74) is 1.32. The third kappa shape index (κ3) is 5.70. The second-order valence-corrected chi connectivity index (χ2v) is 6.33. The molecule has 0 radical (unpaired) electrons. The van der Waals surface area contributed by atoms with Gasteiger partial charge in [0.2, 0.25) is 0 Å². The van der Waals surface area contributed by atoms with E-state index in [1.165, 1.54) is 16.9 Å². The Balaban J connectivity index is 0.00000146. The van der Waals surface area contributed by atoms with Gasteiger partial charge in [-0.3, -0.25) is 9.48 Å². The predicted octanol–water partition coefficient (Wildman–Crippen LogP) is 6.09. The fourth-order valence-corrected chi connectivity index (χ4v) is 2.79. The Morgan fingerprint density at radius 1 is 1.10 bits per heavy atom. The summed E-state index contributed by atoms with van der Waals surface area (Å²) in [6.45, 7) is 7.39. The Labute approximate surface area is 169 Å². The molecule has 7 heteroatoms. The number of hydrogen-bond acceptors (Lipinski definition) is 2. The molecule has 4 nitrogen and oxygen atoms in total. The van der Waals surface area contributed by atoms with Crippen molar-refractivity contribution < 1.29 is 19.4 Å². The molecule has 0 saturated heterocycles. The normalized spacial score (nSPS) is 10.9. The van der Waals surface area contributed by atoms with Crippen LogP contribution in [-0.2, 0) is 12.7 Å². The van der Waals surface area contributed by atoms with Crippen molar-refractivity contribution >= 4 is 11.7 Å². The maximum absolute atomic E-state index is 13.2. The molecule has 0 aliphatic heterocycles. The third-order valence-corrected chi connectivity index (χ3v) is 4.18. The Kier molecular flexibility index (Phi) is 7.20. The zero-order valence-electron chi connectivity index (χ0n) is 16.8. The lowest BCUT2D eigenvalue weighted by molar-refractivity contribution is -0.138. The number of aromatic nitrogens is 2. The molecule has 0 aliphatic carbocycles. The fraction of sp³-hybridized carbons (Fsp3) is 0.273. The lowest BCUT2D eigenvalue weighted by atomic mass is 10.0. The van der Waals surface area contributed by atoms with Crippen LogP contribution in [0.4, 0.5) is 19.0 Å². The molecule has 29 heavy (non-hydrogen) atoms. The zero-order valence-corrected chi connectivity index (χ0v) is 16.8. The van der Waals surface area contributed by atoms with Crippen LogP contribution in [-0.4, -0.2) is 15.7 Å². The van der Waals surface area contributed by atoms with Crippen molar-refractivity contribution in [3.8, 4) is 0 Å². The minimum Gasteiger partial charge on any atom is -0.305 e.